The maximum Gasteiger partial charge on any atom is 0.263 e. The summed E-state index contributed by atoms with van der Waals surface area (Å²) in [5.74, 6) is -1.47. The first-order valence-electron chi connectivity index (χ1n) is 9.58. The van der Waals surface area contributed by atoms with Crippen molar-refractivity contribution in [1.29, 1.82) is 0 Å². The van der Waals surface area contributed by atoms with Gasteiger partial charge >= 0.3 is 0 Å². The van der Waals surface area contributed by atoms with Crippen molar-refractivity contribution in [3.05, 3.63) is 48.2 Å². The molecular weight excluding hydrogens is 398 g/mol. The van der Waals surface area contributed by atoms with Gasteiger partial charge < -0.3 is 9.80 Å². The number of hydrogen-bond acceptors (Lipinski definition) is 5. The highest BCUT2D eigenvalue weighted by Crippen LogP contribution is 2.23. The van der Waals surface area contributed by atoms with Crippen molar-refractivity contribution in [2.45, 2.75) is 43.7 Å². The minimum Gasteiger partial charge on any atom is -0.357 e. The van der Waals surface area contributed by atoms with Gasteiger partial charge in [-0.05, 0) is 51.0 Å². The van der Waals surface area contributed by atoms with E-state index < -0.39 is 21.7 Å². The van der Waals surface area contributed by atoms with Crippen LogP contribution in [0.2, 0.25) is 0 Å². The average Bonchev–Trinajstić information content (AvgIpc) is 2.70. The van der Waals surface area contributed by atoms with Crippen molar-refractivity contribution in [2.75, 3.05) is 29.8 Å². The second kappa shape index (κ2) is 8.62. The molecule has 0 amide bonds. The smallest absolute Gasteiger partial charge is 0.263 e. The molecule has 1 aromatic carbocycles. The van der Waals surface area contributed by atoms with Gasteiger partial charge in [-0.1, -0.05) is 0 Å². The molecule has 0 bridgehead atoms. The van der Waals surface area contributed by atoms with E-state index >= 15 is 0 Å². The molecule has 158 valence electrons. The van der Waals surface area contributed by atoms with E-state index in [1.165, 1.54) is 12.3 Å². The number of sulfonamides is 1. The first-order valence-corrected chi connectivity index (χ1v) is 11.1. The zero-order valence-corrected chi connectivity index (χ0v) is 17.6. The minimum atomic E-state index is -3.95. The number of aromatic nitrogens is 1. The van der Waals surface area contributed by atoms with Crippen LogP contribution >= 0.6 is 0 Å². The van der Waals surface area contributed by atoms with E-state index in [1.807, 2.05) is 7.05 Å². The summed E-state index contributed by atoms with van der Waals surface area (Å²) >= 11 is 0. The lowest BCUT2D eigenvalue weighted by atomic mass is 10.0. The maximum atomic E-state index is 13.3. The van der Waals surface area contributed by atoms with E-state index in [-0.39, 0.29) is 10.6 Å². The molecule has 0 saturated carbocycles. The third kappa shape index (κ3) is 5.02. The molecule has 1 aliphatic heterocycles. The van der Waals surface area contributed by atoms with Gasteiger partial charge in [0.15, 0.2) is 11.6 Å². The largest absolute Gasteiger partial charge is 0.357 e. The number of piperidine rings is 1. The van der Waals surface area contributed by atoms with Gasteiger partial charge in [0.1, 0.15) is 10.7 Å². The number of nitrogens with one attached hydrogen (secondary N) is 1. The second-order valence-corrected chi connectivity index (χ2v) is 9.24. The molecule has 2 heterocycles. The third-order valence-corrected chi connectivity index (χ3v) is 6.71. The molecular formula is C20H26F2N4O2S. The molecule has 2 aromatic rings. The fourth-order valence-electron chi connectivity index (χ4n) is 3.49. The van der Waals surface area contributed by atoms with E-state index in [9.17, 15) is 17.2 Å². The predicted octanol–water partition coefficient (Wildman–Crippen LogP) is 3.47. The first kappa shape index (κ1) is 21.4. The van der Waals surface area contributed by atoms with Crippen molar-refractivity contribution < 1.29 is 17.2 Å². The molecule has 1 N–H and O–H groups in total. The van der Waals surface area contributed by atoms with Gasteiger partial charge in [0, 0.05) is 44.5 Å². The fourth-order valence-corrected chi connectivity index (χ4v) is 4.48. The Balaban J connectivity index is 1.68. The molecule has 29 heavy (non-hydrogen) atoms. The monoisotopic (exact) mass is 424 g/mol. The van der Waals surface area contributed by atoms with Crippen LogP contribution in [0.25, 0.3) is 0 Å². The maximum absolute atomic E-state index is 13.3. The third-order valence-electron chi connectivity index (χ3n) is 5.34. The Morgan fingerprint density at radius 1 is 1.14 bits per heavy atom. The first-order chi connectivity index (χ1) is 13.7. The Hall–Kier alpha value is -2.26. The fraction of sp³-hybridized carbons (Fsp3) is 0.450. The molecule has 0 atom stereocenters. The van der Waals surface area contributed by atoms with Gasteiger partial charge in [-0.3, -0.25) is 4.72 Å². The van der Waals surface area contributed by atoms with Crippen molar-refractivity contribution in [2.24, 2.45) is 0 Å². The highest BCUT2D eigenvalue weighted by Gasteiger charge is 2.25. The molecule has 0 radical (unpaired) electrons. The summed E-state index contributed by atoms with van der Waals surface area (Å²) in [6.07, 6.45) is 3.32. The molecule has 1 fully saturated rings. The van der Waals surface area contributed by atoms with Crippen LogP contribution in [-0.4, -0.2) is 50.5 Å². The van der Waals surface area contributed by atoms with E-state index in [0.717, 1.165) is 44.1 Å². The predicted molar refractivity (Wildman–Crippen MR) is 110 cm³/mol. The molecule has 3 rings (SSSR count). The molecule has 1 aliphatic rings. The SMILES string of the molecule is CC(C)N1CCC(N(C)c2ccc(S(=O)(=O)Nc3ccc(F)c(F)c3)cn2)CC1. The molecule has 9 heteroatoms. The van der Waals surface area contributed by atoms with Crippen LogP contribution < -0.4 is 9.62 Å². The van der Waals surface area contributed by atoms with Gasteiger partial charge in [-0.15, -0.1) is 0 Å². The van der Waals surface area contributed by atoms with E-state index in [0.29, 0.717) is 17.9 Å². The van der Waals surface area contributed by atoms with Gasteiger partial charge in [0.2, 0.25) is 0 Å². The summed E-state index contributed by atoms with van der Waals surface area (Å²) in [6, 6.07) is 6.83. The number of rotatable bonds is 6. The van der Waals surface area contributed by atoms with Crippen LogP contribution in [0, 0.1) is 11.6 Å². The normalized spacial score (nSPS) is 16.2. The van der Waals surface area contributed by atoms with Crippen molar-refractivity contribution in [3.63, 3.8) is 0 Å². The summed E-state index contributed by atoms with van der Waals surface area (Å²) in [4.78, 5) is 8.78. The number of anilines is 2. The molecule has 0 aliphatic carbocycles. The summed E-state index contributed by atoms with van der Waals surface area (Å²) in [5, 5.41) is 0. The minimum absolute atomic E-state index is 0.0472. The molecule has 1 aromatic heterocycles. The zero-order valence-electron chi connectivity index (χ0n) is 16.8. The van der Waals surface area contributed by atoms with Crippen LogP contribution in [0.15, 0.2) is 41.4 Å². The highest BCUT2D eigenvalue weighted by molar-refractivity contribution is 7.92. The molecule has 6 nitrogen and oxygen atoms in total. The van der Waals surface area contributed by atoms with Crippen molar-refractivity contribution >= 4 is 21.5 Å². The van der Waals surface area contributed by atoms with Crippen LogP contribution in [0.4, 0.5) is 20.3 Å². The van der Waals surface area contributed by atoms with Gasteiger partial charge in [0.25, 0.3) is 10.0 Å². The van der Waals surface area contributed by atoms with Crippen LogP contribution in [0.5, 0.6) is 0 Å². The standard InChI is InChI=1S/C20H26F2N4O2S/c1-14(2)26-10-8-16(9-11-26)25(3)20-7-5-17(13-23-20)29(27,28)24-15-4-6-18(21)19(22)12-15/h4-7,12-14,16,24H,8-11H2,1-3H3. The Labute approximate surface area is 170 Å². The summed E-state index contributed by atoms with van der Waals surface area (Å²) in [7, 11) is -1.99. The van der Waals surface area contributed by atoms with Crippen molar-refractivity contribution in [3.8, 4) is 0 Å². The van der Waals surface area contributed by atoms with Crippen LogP contribution in [0.3, 0.4) is 0 Å². The summed E-state index contributed by atoms with van der Waals surface area (Å²) in [5.41, 5.74) is -0.0537. The molecule has 0 spiro atoms. The number of likely N-dealkylation sites (tertiary alicyclic amines) is 1. The number of benzene rings is 1. The quantitative estimate of drug-likeness (QED) is 0.769. The number of halogens is 2. The van der Waals surface area contributed by atoms with E-state index in [4.69, 9.17) is 0 Å². The van der Waals surface area contributed by atoms with Crippen LogP contribution in [-0.2, 0) is 10.0 Å². The van der Waals surface area contributed by atoms with Crippen molar-refractivity contribution in [1.82, 2.24) is 9.88 Å². The lowest BCUT2D eigenvalue weighted by Gasteiger charge is -2.39. The Morgan fingerprint density at radius 2 is 1.83 bits per heavy atom. The lowest BCUT2D eigenvalue weighted by molar-refractivity contribution is 0.171. The van der Waals surface area contributed by atoms with Crippen LogP contribution in [0.1, 0.15) is 26.7 Å². The Bertz CT molecular complexity index is 943. The summed E-state index contributed by atoms with van der Waals surface area (Å²) < 4.78 is 53.6. The van der Waals surface area contributed by atoms with E-state index in [1.54, 1.807) is 6.07 Å². The Kier molecular flexibility index (Phi) is 6.38. The van der Waals surface area contributed by atoms with Gasteiger partial charge in [0.05, 0.1) is 5.69 Å². The molecule has 0 unspecified atom stereocenters. The number of pyridine rings is 1. The number of hydrogen-bond donors (Lipinski definition) is 1. The second-order valence-electron chi connectivity index (χ2n) is 7.56. The lowest BCUT2D eigenvalue weighted by Crippen LogP contribution is -2.45. The zero-order chi connectivity index (χ0) is 21.2. The molecule has 1 saturated heterocycles. The van der Waals surface area contributed by atoms with E-state index in [2.05, 4.69) is 33.4 Å². The summed E-state index contributed by atoms with van der Waals surface area (Å²) in [6.45, 7) is 6.44. The Morgan fingerprint density at radius 3 is 2.38 bits per heavy atom. The van der Waals surface area contributed by atoms with Gasteiger partial charge in [-0.2, -0.15) is 0 Å². The average molecular weight is 425 g/mol. The highest BCUT2D eigenvalue weighted by atomic mass is 32.2. The number of nitrogens with zero attached hydrogens (tertiary/aromatic N) is 3. The topological polar surface area (TPSA) is 65.5 Å². The van der Waals surface area contributed by atoms with Gasteiger partial charge in [-0.25, -0.2) is 22.2 Å².